The largest absolute Gasteiger partial charge is 0.427 e. The van der Waals surface area contributed by atoms with Gasteiger partial charge in [-0.3, -0.25) is 28.2 Å². The molecule has 3 atom stereocenters. The maximum atomic E-state index is 14.4. The van der Waals surface area contributed by atoms with Gasteiger partial charge in [0.15, 0.2) is 5.69 Å². The Balaban J connectivity index is 1.12. The van der Waals surface area contributed by atoms with Crippen molar-refractivity contribution in [3.05, 3.63) is 165 Å². The molecule has 0 saturated carbocycles. The molecule has 1 fully saturated rings. The van der Waals surface area contributed by atoms with Crippen LogP contribution in [0, 0.1) is 17.6 Å². The van der Waals surface area contributed by atoms with Gasteiger partial charge < -0.3 is 24.0 Å². The summed E-state index contributed by atoms with van der Waals surface area (Å²) in [5.41, 5.74) is 0.154. The zero-order valence-electron chi connectivity index (χ0n) is 32.9. The van der Waals surface area contributed by atoms with Gasteiger partial charge in [-0.1, -0.05) is 85.8 Å². The minimum absolute atomic E-state index is 0.000997. The van der Waals surface area contributed by atoms with Crippen molar-refractivity contribution in [2.24, 2.45) is 5.92 Å². The van der Waals surface area contributed by atoms with Gasteiger partial charge in [0.2, 0.25) is 11.2 Å². The highest BCUT2D eigenvalue weighted by atomic mass is 31.2. The van der Waals surface area contributed by atoms with E-state index in [4.69, 9.17) is 18.3 Å². The first-order valence-electron chi connectivity index (χ1n) is 19.3. The smallest absolute Gasteiger partial charge is 0.397 e. The van der Waals surface area contributed by atoms with Crippen LogP contribution in [0.5, 0.6) is 11.5 Å². The fourth-order valence-electron chi connectivity index (χ4n) is 7.29. The second kappa shape index (κ2) is 18.0. The number of carbonyl (C=O) groups is 3. The number of nitrogens with zero attached hydrogens (tertiary/aromatic N) is 2. The number of carbonyl (C=O) groups excluding carboxylic acids is 3. The molecule has 0 aliphatic carbocycles. The zero-order valence-corrected chi connectivity index (χ0v) is 33.8. The van der Waals surface area contributed by atoms with Crippen LogP contribution in [0.15, 0.2) is 114 Å². The standard InChI is InChI=1S/C45H44F2N3O8P/c1-29-14-15-30(2)49-28-45(29,3)50-25-37(43(53)48-24-34-18-19-35(46)23-38(34)47)41(52)42(40(50)44(49)54)57-39(51)22-31-16-20-36(21-17-31)58-59(55-26-32-10-6-4-7-11-32)56-27-33-12-8-5-9-13-33/h4-13,16-21,23,25,29-30H,14-15,22,24,26-28H2,1-3H3,(H,48,53). The molecule has 4 aromatic carbocycles. The molecule has 7 rings (SSSR count). The lowest BCUT2D eigenvalue weighted by Gasteiger charge is -2.46. The number of halogens is 2. The highest BCUT2D eigenvalue weighted by Gasteiger charge is 2.48. The number of fused-ring (bicyclic) bond motifs is 4. The Bertz CT molecular complexity index is 2340. The predicted octanol–water partition coefficient (Wildman–Crippen LogP) is 8.23. The fraction of sp³-hybridized carbons (Fsp3) is 0.289. The number of amides is 2. The molecule has 0 radical (unpaired) electrons. The van der Waals surface area contributed by atoms with Crippen LogP contribution in [0.25, 0.3) is 0 Å². The molecule has 3 heterocycles. The van der Waals surface area contributed by atoms with Crippen molar-refractivity contribution >= 4 is 26.4 Å². The van der Waals surface area contributed by atoms with E-state index in [0.29, 0.717) is 30.3 Å². The van der Waals surface area contributed by atoms with Crippen molar-refractivity contribution in [2.45, 2.75) is 71.4 Å². The molecule has 59 heavy (non-hydrogen) atoms. The highest BCUT2D eigenvalue weighted by Crippen LogP contribution is 2.43. The van der Waals surface area contributed by atoms with E-state index in [1.54, 1.807) is 33.7 Å². The minimum atomic E-state index is -1.83. The number of aromatic nitrogens is 1. The van der Waals surface area contributed by atoms with Crippen molar-refractivity contribution < 1.29 is 41.5 Å². The van der Waals surface area contributed by atoms with Crippen LogP contribution in [0.3, 0.4) is 0 Å². The molecule has 306 valence electrons. The summed E-state index contributed by atoms with van der Waals surface area (Å²) in [7, 11) is -1.83. The number of rotatable bonds is 14. The number of hydrogen-bond donors (Lipinski definition) is 1. The molecule has 2 aliphatic heterocycles. The first-order chi connectivity index (χ1) is 28.4. The van der Waals surface area contributed by atoms with Gasteiger partial charge in [-0.25, -0.2) is 8.78 Å². The highest BCUT2D eigenvalue weighted by molar-refractivity contribution is 7.42. The molecule has 11 nitrogen and oxygen atoms in total. The lowest BCUT2D eigenvalue weighted by atomic mass is 9.82. The number of hydrogen-bond acceptors (Lipinski definition) is 8. The zero-order chi connectivity index (χ0) is 41.7. The van der Waals surface area contributed by atoms with Crippen LogP contribution >= 0.6 is 8.60 Å². The normalized spacial score (nSPS) is 18.5. The molecular formula is C45H44F2N3O8P. The Morgan fingerprint density at radius 3 is 2.12 bits per heavy atom. The molecular weight excluding hydrogens is 779 g/mol. The molecule has 2 bridgehead atoms. The van der Waals surface area contributed by atoms with E-state index >= 15 is 0 Å². The van der Waals surface area contributed by atoms with E-state index < -0.39 is 60.3 Å². The van der Waals surface area contributed by atoms with Gasteiger partial charge in [-0.15, -0.1) is 0 Å². The number of esters is 1. The molecule has 2 amide bonds. The second-order valence-electron chi connectivity index (χ2n) is 15.1. The van der Waals surface area contributed by atoms with Crippen LogP contribution < -0.4 is 20.0 Å². The third-order valence-corrected chi connectivity index (χ3v) is 12.0. The van der Waals surface area contributed by atoms with Gasteiger partial charge in [-0.2, -0.15) is 0 Å². The van der Waals surface area contributed by atoms with E-state index in [1.807, 2.05) is 81.4 Å². The van der Waals surface area contributed by atoms with Gasteiger partial charge in [0.05, 0.1) is 25.2 Å². The summed E-state index contributed by atoms with van der Waals surface area (Å²) in [6, 6.07) is 28.7. The molecule has 1 aromatic heterocycles. The number of benzene rings is 4. The SMILES string of the molecule is CC1CCC(C)C2(C)CN1C(=O)c1c(OC(=O)Cc3ccc(OP(OCc4ccccc4)OCc4ccccc4)cc3)c(=O)c(C(=O)NCc3ccc(F)cc3F)cn12. The summed E-state index contributed by atoms with van der Waals surface area (Å²) in [4.78, 5) is 57.3. The fourth-order valence-corrected chi connectivity index (χ4v) is 8.27. The molecule has 0 spiro atoms. The topological polar surface area (TPSA) is 125 Å². The predicted molar refractivity (Wildman–Crippen MR) is 217 cm³/mol. The summed E-state index contributed by atoms with van der Waals surface area (Å²) >= 11 is 0. The third kappa shape index (κ3) is 9.44. The summed E-state index contributed by atoms with van der Waals surface area (Å²) in [6.45, 7) is 6.42. The van der Waals surface area contributed by atoms with Crippen LogP contribution in [0.2, 0.25) is 0 Å². The van der Waals surface area contributed by atoms with Crippen molar-refractivity contribution in [3.63, 3.8) is 0 Å². The van der Waals surface area contributed by atoms with Gasteiger partial charge in [0, 0.05) is 37.0 Å². The Kier molecular flexibility index (Phi) is 12.7. The number of pyridine rings is 1. The number of ether oxygens (including phenoxy) is 1. The summed E-state index contributed by atoms with van der Waals surface area (Å²) in [6.07, 6.45) is 2.51. The quantitative estimate of drug-likeness (QED) is 0.0878. The van der Waals surface area contributed by atoms with E-state index in [1.165, 1.54) is 12.3 Å². The van der Waals surface area contributed by atoms with E-state index in [-0.39, 0.29) is 49.4 Å². The van der Waals surface area contributed by atoms with E-state index in [2.05, 4.69) is 5.32 Å². The van der Waals surface area contributed by atoms with Crippen molar-refractivity contribution in [1.29, 1.82) is 0 Å². The summed E-state index contributed by atoms with van der Waals surface area (Å²) < 4.78 is 53.5. The summed E-state index contributed by atoms with van der Waals surface area (Å²) in [5.74, 6) is -3.99. The Labute approximate surface area is 341 Å². The van der Waals surface area contributed by atoms with Crippen molar-refractivity contribution in [3.8, 4) is 11.5 Å². The Hall–Kier alpha value is -5.75. The first-order valence-corrected chi connectivity index (χ1v) is 20.4. The maximum Gasteiger partial charge on any atom is 0.397 e. The molecule has 3 unspecified atom stereocenters. The number of nitrogens with one attached hydrogen (secondary N) is 1. The van der Waals surface area contributed by atoms with Gasteiger partial charge in [0.25, 0.3) is 11.8 Å². The van der Waals surface area contributed by atoms with Crippen molar-refractivity contribution in [2.75, 3.05) is 6.54 Å². The Morgan fingerprint density at radius 1 is 0.847 bits per heavy atom. The molecule has 14 heteroatoms. The monoisotopic (exact) mass is 823 g/mol. The lowest BCUT2D eigenvalue weighted by molar-refractivity contribution is -0.133. The van der Waals surface area contributed by atoms with Gasteiger partial charge >= 0.3 is 14.6 Å². The van der Waals surface area contributed by atoms with Crippen LogP contribution in [-0.2, 0) is 45.6 Å². The van der Waals surface area contributed by atoms with Crippen LogP contribution in [-0.4, -0.2) is 39.8 Å². The molecule has 1 N–H and O–H groups in total. The van der Waals surface area contributed by atoms with E-state index in [9.17, 15) is 28.0 Å². The Morgan fingerprint density at radius 2 is 1.49 bits per heavy atom. The first kappa shape index (κ1) is 41.4. The maximum absolute atomic E-state index is 14.4. The second-order valence-corrected chi connectivity index (χ2v) is 16.2. The lowest BCUT2D eigenvalue weighted by Crippen LogP contribution is -2.56. The average Bonchev–Trinajstić information content (AvgIpc) is 3.33. The molecule has 5 aromatic rings. The molecule has 1 saturated heterocycles. The van der Waals surface area contributed by atoms with Crippen molar-refractivity contribution in [1.82, 2.24) is 14.8 Å². The average molecular weight is 824 g/mol. The van der Waals surface area contributed by atoms with Gasteiger partial charge in [0.1, 0.15) is 22.9 Å². The van der Waals surface area contributed by atoms with Crippen LogP contribution in [0.4, 0.5) is 8.78 Å². The third-order valence-electron chi connectivity index (χ3n) is 11.0. The van der Waals surface area contributed by atoms with E-state index in [0.717, 1.165) is 23.6 Å². The summed E-state index contributed by atoms with van der Waals surface area (Å²) in [5, 5.41) is 2.53. The van der Waals surface area contributed by atoms with Gasteiger partial charge in [-0.05, 0) is 67.5 Å². The molecule has 2 aliphatic rings. The van der Waals surface area contributed by atoms with Crippen LogP contribution in [0.1, 0.15) is 76.7 Å². The minimum Gasteiger partial charge on any atom is -0.427 e.